The fourth-order valence-electron chi connectivity index (χ4n) is 2.71. The van der Waals surface area contributed by atoms with Gasteiger partial charge in [0.25, 0.3) is 0 Å². The van der Waals surface area contributed by atoms with Crippen molar-refractivity contribution in [3.63, 3.8) is 0 Å². The van der Waals surface area contributed by atoms with E-state index in [4.69, 9.17) is 12.2 Å². The van der Waals surface area contributed by atoms with Crippen LogP contribution in [0.3, 0.4) is 0 Å². The lowest BCUT2D eigenvalue weighted by Crippen LogP contribution is -2.35. The van der Waals surface area contributed by atoms with Gasteiger partial charge in [-0.25, -0.2) is 0 Å². The number of carbonyl (C=O) groups is 1. The van der Waals surface area contributed by atoms with E-state index >= 15 is 0 Å². The van der Waals surface area contributed by atoms with Gasteiger partial charge >= 0.3 is 0 Å². The van der Waals surface area contributed by atoms with Gasteiger partial charge in [-0.3, -0.25) is 4.79 Å². The molecule has 7 nitrogen and oxygen atoms in total. The van der Waals surface area contributed by atoms with E-state index in [1.807, 2.05) is 61.5 Å². The summed E-state index contributed by atoms with van der Waals surface area (Å²) >= 11 is 6.75. The Morgan fingerprint density at radius 1 is 1.11 bits per heavy atom. The predicted octanol–water partition coefficient (Wildman–Crippen LogP) is 3.22. The van der Waals surface area contributed by atoms with Crippen LogP contribution in [0.2, 0.25) is 0 Å². The van der Waals surface area contributed by atoms with Crippen LogP contribution in [-0.2, 0) is 11.2 Å². The van der Waals surface area contributed by atoms with Crippen LogP contribution in [0, 0.1) is 6.92 Å². The van der Waals surface area contributed by atoms with Crippen molar-refractivity contribution < 1.29 is 4.79 Å². The van der Waals surface area contributed by atoms with Gasteiger partial charge in [0.15, 0.2) is 10.9 Å². The van der Waals surface area contributed by atoms with Crippen LogP contribution in [0.15, 0.2) is 54.6 Å². The minimum Gasteiger partial charge on any atom is -0.332 e. The van der Waals surface area contributed by atoms with E-state index < -0.39 is 0 Å². The fourth-order valence-corrected chi connectivity index (χ4v) is 3.86. The van der Waals surface area contributed by atoms with Gasteiger partial charge in [-0.05, 0) is 36.8 Å². The standard InChI is InChI=1S/C19H16N6OS2/c1-12-22-23-19-25(12)24-17(28-19)14-9-5-6-10-15(14)20-18(27)21-16(26)11-13-7-3-2-4-8-13/h2-10H,11H2,1H3,(H2,20,21,26,27). The zero-order valence-electron chi connectivity index (χ0n) is 14.9. The van der Waals surface area contributed by atoms with E-state index in [2.05, 4.69) is 25.9 Å². The maximum atomic E-state index is 12.2. The van der Waals surface area contributed by atoms with E-state index in [-0.39, 0.29) is 17.4 Å². The number of hydrogen-bond acceptors (Lipinski definition) is 6. The molecule has 0 aliphatic heterocycles. The summed E-state index contributed by atoms with van der Waals surface area (Å²) < 4.78 is 1.71. The monoisotopic (exact) mass is 408 g/mol. The molecule has 2 aromatic carbocycles. The zero-order valence-corrected chi connectivity index (χ0v) is 16.5. The molecule has 0 saturated heterocycles. The molecule has 0 aliphatic carbocycles. The van der Waals surface area contributed by atoms with Gasteiger partial charge in [0, 0.05) is 5.56 Å². The lowest BCUT2D eigenvalue weighted by molar-refractivity contribution is -0.119. The summed E-state index contributed by atoms with van der Waals surface area (Å²) in [7, 11) is 0. The zero-order chi connectivity index (χ0) is 19.5. The molecule has 2 N–H and O–H groups in total. The molecule has 9 heteroatoms. The van der Waals surface area contributed by atoms with Gasteiger partial charge in [0.05, 0.1) is 12.1 Å². The number of benzene rings is 2. The molecular formula is C19H16N6OS2. The smallest absolute Gasteiger partial charge is 0.234 e. The number of fused-ring (bicyclic) bond motifs is 1. The first-order valence-electron chi connectivity index (χ1n) is 8.53. The lowest BCUT2D eigenvalue weighted by Gasteiger charge is -2.12. The molecule has 2 aromatic heterocycles. The summed E-state index contributed by atoms with van der Waals surface area (Å²) in [6.07, 6.45) is 0.264. The van der Waals surface area contributed by atoms with Gasteiger partial charge in [0.2, 0.25) is 10.9 Å². The van der Waals surface area contributed by atoms with Crippen molar-refractivity contribution in [2.75, 3.05) is 5.32 Å². The number of aromatic nitrogens is 4. The first-order chi connectivity index (χ1) is 13.6. The molecule has 140 valence electrons. The molecule has 28 heavy (non-hydrogen) atoms. The topological polar surface area (TPSA) is 84.2 Å². The molecule has 0 fully saturated rings. The van der Waals surface area contributed by atoms with Crippen LogP contribution in [0.4, 0.5) is 5.69 Å². The van der Waals surface area contributed by atoms with Gasteiger partial charge in [-0.15, -0.1) is 10.2 Å². The lowest BCUT2D eigenvalue weighted by atomic mass is 10.1. The number of hydrogen-bond donors (Lipinski definition) is 2. The summed E-state index contributed by atoms with van der Waals surface area (Å²) in [4.78, 5) is 12.9. The molecule has 0 unspecified atom stereocenters. The van der Waals surface area contributed by atoms with Gasteiger partial charge in [-0.2, -0.15) is 9.61 Å². The highest BCUT2D eigenvalue weighted by atomic mass is 32.1. The molecule has 0 aliphatic rings. The van der Waals surface area contributed by atoms with Gasteiger partial charge in [-0.1, -0.05) is 53.8 Å². The molecule has 0 bridgehead atoms. The third-order valence-electron chi connectivity index (χ3n) is 4.01. The normalized spacial score (nSPS) is 10.8. The van der Waals surface area contributed by atoms with Gasteiger partial charge < -0.3 is 10.6 Å². The van der Waals surface area contributed by atoms with Gasteiger partial charge in [0.1, 0.15) is 5.01 Å². The number of carbonyl (C=O) groups excluding carboxylic acids is 1. The third-order valence-corrected chi connectivity index (χ3v) is 5.15. The summed E-state index contributed by atoms with van der Waals surface area (Å²) in [6, 6.07) is 17.2. The molecule has 2 heterocycles. The van der Waals surface area contributed by atoms with E-state index in [0.717, 1.165) is 32.6 Å². The first-order valence-corrected chi connectivity index (χ1v) is 9.75. The van der Waals surface area contributed by atoms with Crippen molar-refractivity contribution in [1.82, 2.24) is 25.1 Å². The Hall–Kier alpha value is -3.17. The number of nitrogens with zero attached hydrogens (tertiary/aromatic N) is 4. The average Bonchev–Trinajstić information content (AvgIpc) is 3.25. The number of para-hydroxylation sites is 1. The molecule has 4 rings (SSSR count). The Labute approximate surface area is 170 Å². The molecule has 0 saturated carbocycles. The van der Waals surface area contributed by atoms with Crippen LogP contribution in [-0.4, -0.2) is 30.8 Å². The minimum atomic E-state index is -0.171. The van der Waals surface area contributed by atoms with Crippen molar-refractivity contribution in [2.24, 2.45) is 0 Å². The molecule has 0 radical (unpaired) electrons. The molecular weight excluding hydrogens is 392 g/mol. The Balaban J connectivity index is 1.49. The van der Waals surface area contributed by atoms with Crippen LogP contribution >= 0.6 is 23.6 Å². The summed E-state index contributed by atoms with van der Waals surface area (Å²) in [5, 5.41) is 19.5. The fraction of sp³-hybridized carbons (Fsp3) is 0.105. The number of amides is 1. The SMILES string of the molecule is Cc1nnc2sc(-c3ccccc3NC(=S)NC(=O)Cc3ccccc3)nn12. The average molecular weight is 409 g/mol. The van der Waals surface area contributed by atoms with Crippen LogP contribution in [0.1, 0.15) is 11.4 Å². The van der Waals surface area contributed by atoms with Crippen LogP contribution < -0.4 is 10.6 Å². The van der Waals surface area contributed by atoms with Crippen molar-refractivity contribution in [3.05, 3.63) is 66.0 Å². The Morgan fingerprint density at radius 3 is 2.64 bits per heavy atom. The van der Waals surface area contributed by atoms with Crippen molar-refractivity contribution in [1.29, 1.82) is 0 Å². The summed E-state index contributed by atoms with van der Waals surface area (Å²) in [5.41, 5.74) is 2.56. The minimum absolute atomic E-state index is 0.171. The quantitative estimate of drug-likeness (QED) is 0.505. The summed E-state index contributed by atoms with van der Waals surface area (Å²) in [5.74, 6) is 0.558. The second kappa shape index (κ2) is 7.83. The first kappa shape index (κ1) is 18.2. The van der Waals surface area contributed by atoms with Crippen molar-refractivity contribution in [2.45, 2.75) is 13.3 Å². The molecule has 0 spiro atoms. The highest BCUT2D eigenvalue weighted by Crippen LogP contribution is 2.31. The largest absolute Gasteiger partial charge is 0.332 e. The molecule has 0 atom stereocenters. The van der Waals surface area contributed by atoms with Crippen LogP contribution in [0.5, 0.6) is 0 Å². The van der Waals surface area contributed by atoms with E-state index in [0.29, 0.717) is 0 Å². The van der Waals surface area contributed by atoms with Crippen molar-refractivity contribution >= 4 is 45.2 Å². The van der Waals surface area contributed by atoms with E-state index in [1.165, 1.54) is 11.3 Å². The number of rotatable bonds is 4. The maximum Gasteiger partial charge on any atom is 0.234 e. The Bertz CT molecular complexity index is 1150. The van der Waals surface area contributed by atoms with E-state index in [1.54, 1.807) is 4.52 Å². The number of nitrogens with one attached hydrogen (secondary N) is 2. The maximum absolute atomic E-state index is 12.2. The van der Waals surface area contributed by atoms with Crippen LogP contribution in [0.25, 0.3) is 15.5 Å². The highest BCUT2D eigenvalue weighted by molar-refractivity contribution is 7.80. The van der Waals surface area contributed by atoms with Crippen molar-refractivity contribution in [3.8, 4) is 10.6 Å². The third kappa shape index (κ3) is 3.90. The molecule has 4 aromatic rings. The Kier molecular flexibility index (Phi) is 5.09. The predicted molar refractivity (Wildman–Crippen MR) is 113 cm³/mol. The second-order valence-corrected chi connectivity index (χ2v) is 7.42. The number of anilines is 1. The van der Waals surface area contributed by atoms with E-state index in [9.17, 15) is 4.79 Å². The number of thiocarbonyl (C=S) groups is 1. The second-order valence-electron chi connectivity index (χ2n) is 6.06. The molecule has 1 amide bonds. The Morgan fingerprint density at radius 2 is 1.86 bits per heavy atom. The number of aryl methyl sites for hydroxylation is 1. The highest BCUT2D eigenvalue weighted by Gasteiger charge is 2.14. The summed E-state index contributed by atoms with van der Waals surface area (Å²) in [6.45, 7) is 1.85.